The Bertz CT molecular complexity index is 599. The molecule has 3 atom stereocenters. The van der Waals surface area contributed by atoms with Crippen LogP contribution in [0.1, 0.15) is 40.9 Å². The maximum absolute atomic E-state index is 12.2. The lowest BCUT2D eigenvalue weighted by Crippen LogP contribution is -2.39. The molecule has 3 unspecified atom stereocenters. The van der Waals surface area contributed by atoms with Gasteiger partial charge in [0.05, 0.1) is 18.6 Å². The Kier molecular flexibility index (Phi) is 3.55. The molecule has 0 radical (unpaired) electrons. The van der Waals surface area contributed by atoms with E-state index in [0.717, 1.165) is 24.2 Å². The van der Waals surface area contributed by atoms with E-state index in [9.17, 15) is 9.59 Å². The third-order valence-corrected chi connectivity index (χ3v) is 4.57. The van der Waals surface area contributed by atoms with E-state index in [1.54, 1.807) is 0 Å². The Morgan fingerprint density at radius 2 is 2.14 bits per heavy atom. The molecule has 0 spiro atoms. The van der Waals surface area contributed by atoms with Crippen LogP contribution in [0.15, 0.2) is 18.2 Å². The van der Waals surface area contributed by atoms with Gasteiger partial charge in [0.15, 0.2) is 0 Å². The number of ether oxygens (including phenoxy) is 1. The molecule has 2 aliphatic rings. The quantitative estimate of drug-likeness (QED) is 0.832. The molecule has 2 aliphatic heterocycles. The van der Waals surface area contributed by atoms with Crippen molar-refractivity contribution in [2.45, 2.75) is 31.9 Å². The standard InChI is InChI=1S/C16H20N2O3/c1-9-5-6-21-15(9)14(17)11-4-3-10-8-13(19)18(2)16(20)12(10)7-11/h3-4,7,9,14-15H,5-6,8,17H2,1-2H3. The topological polar surface area (TPSA) is 72.6 Å². The van der Waals surface area contributed by atoms with Gasteiger partial charge in [-0.25, -0.2) is 0 Å². The smallest absolute Gasteiger partial charge is 0.260 e. The molecule has 3 rings (SSSR count). The predicted molar refractivity (Wildman–Crippen MR) is 77.7 cm³/mol. The second-order valence-electron chi connectivity index (χ2n) is 5.98. The fourth-order valence-electron chi connectivity index (χ4n) is 3.10. The summed E-state index contributed by atoms with van der Waals surface area (Å²) in [6.45, 7) is 2.87. The molecule has 1 fully saturated rings. The lowest BCUT2D eigenvalue weighted by Gasteiger charge is -2.26. The monoisotopic (exact) mass is 288 g/mol. The first-order chi connectivity index (χ1) is 9.99. The highest BCUT2D eigenvalue weighted by molar-refractivity contribution is 6.09. The van der Waals surface area contributed by atoms with Gasteiger partial charge >= 0.3 is 0 Å². The van der Waals surface area contributed by atoms with Gasteiger partial charge in [-0.3, -0.25) is 14.5 Å². The number of nitrogens with two attached hydrogens (primary N) is 1. The minimum atomic E-state index is -0.254. The highest BCUT2D eigenvalue weighted by Crippen LogP contribution is 2.31. The van der Waals surface area contributed by atoms with Crippen LogP contribution >= 0.6 is 0 Å². The molecule has 2 heterocycles. The summed E-state index contributed by atoms with van der Waals surface area (Å²) < 4.78 is 5.72. The van der Waals surface area contributed by atoms with Crippen LogP contribution in [0.4, 0.5) is 0 Å². The van der Waals surface area contributed by atoms with Crippen molar-refractivity contribution in [1.29, 1.82) is 0 Å². The van der Waals surface area contributed by atoms with Crippen molar-refractivity contribution in [3.05, 3.63) is 34.9 Å². The molecule has 0 saturated carbocycles. The van der Waals surface area contributed by atoms with E-state index in [1.807, 2.05) is 18.2 Å². The van der Waals surface area contributed by atoms with E-state index in [1.165, 1.54) is 11.9 Å². The molecular formula is C16H20N2O3. The molecular weight excluding hydrogens is 268 g/mol. The minimum absolute atomic E-state index is 0.0129. The van der Waals surface area contributed by atoms with Gasteiger partial charge in [-0.1, -0.05) is 19.1 Å². The van der Waals surface area contributed by atoms with Crippen LogP contribution in [0.25, 0.3) is 0 Å². The van der Waals surface area contributed by atoms with Gasteiger partial charge in [0.2, 0.25) is 5.91 Å². The number of carbonyl (C=O) groups is 2. The number of benzene rings is 1. The molecule has 5 nitrogen and oxygen atoms in total. The number of fused-ring (bicyclic) bond motifs is 1. The van der Waals surface area contributed by atoms with Crippen LogP contribution in [0.3, 0.4) is 0 Å². The normalized spacial score (nSPS) is 26.9. The first kappa shape index (κ1) is 14.2. The van der Waals surface area contributed by atoms with Gasteiger partial charge in [-0.15, -0.1) is 0 Å². The van der Waals surface area contributed by atoms with Crippen molar-refractivity contribution >= 4 is 11.8 Å². The van der Waals surface area contributed by atoms with E-state index >= 15 is 0 Å². The number of carbonyl (C=O) groups excluding carboxylic acids is 2. The van der Waals surface area contributed by atoms with Crippen molar-refractivity contribution in [2.24, 2.45) is 11.7 Å². The number of hydrogen-bond acceptors (Lipinski definition) is 4. The zero-order valence-electron chi connectivity index (χ0n) is 12.3. The molecule has 112 valence electrons. The van der Waals surface area contributed by atoms with Crippen molar-refractivity contribution in [1.82, 2.24) is 4.90 Å². The third-order valence-electron chi connectivity index (χ3n) is 4.57. The summed E-state index contributed by atoms with van der Waals surface area (Å²) >= 11 is 0. The first-order valence-electron chi connectivity index (χ1n) is 7.30. The van der Waals surface area contributed by atoms with Crippen LogP contribution < -0.4 is 5.73 Å². The number of imide groups is 1. The summed E-state index contributed by atoms with van der Waals surface area (Å²) in [5.74, 6) is -0.0102. The van der Waals surface area contributed by atoms with Gasteiger partial charge in [0.25, 0.3) is 5.91 Å². The van der Waals surface area contributed by atoms with Gasteiger partial charge < -0.3 is 10.5 Å². The Morgan fingerprint density at radius 1 is 1.38 bits per heavy atom. The molecule has 2 amide bonds. The van der Waals surface area contributed by atoms with Gasteiger partial charge in [0, 0.05) is 19.2 Å². The van der Waals surface area contributed by atoms with E-state index in [4.69, 9.17) is 10.5 Å². The van der Waals surface area contributed by atoms with Crippen LogP contribution in [-0.2, 0) is 16.0 Å². The molecule has 1 aromatic rings. The van der Waals surface area contributed by atoms with Crippen LogP contribution in [0.5, 0.6) is 0 Å². The molecule has 0 bridgehead atoms. The average Bonchev–Trinajstić information content (AvgIpc) is 2.90. The molecule has 2 N–H and O–H groups in total. The van der Waals surface area contributed by atoms with Crippen molar-refractivity contribution in [3.8, 4) is 0 Å². The van der Waals surface area contributed by atoms with Crippen molar-refractivity contribution in [3.63, 3.8) is 0 Å². The summed E-state index contributed by atoms with van der Waals surface area (Å²) in [7, 11) is 1.52. The largest absolute Gasteiger partial charge is 0.376 e. The summed E-state index contributed by atoms with van der Waals surface area (Å²) in [4.78, 5) is 25.1. The molecule has 0 aliphatic carbocycles. The predicted octanol–water partition coefficient (Wildman–Crippen LogP) is 1.27. The second-order valence-corrected chi connectivity index (χ2v) is 5.98. The van der Waals surface area contributed by atoms with E-state index < -0.39 is 0 Å². The highest BCUT2D eigenvalue weighted by atomic mass is 16.5. The summed E-state index contributed by atoms with van der Waals surface area (Å²) in [6, 6.07) is 5.32. The Hall–Kier alpha value is -1.72. The number of hydrogen-bond donors (Lipinski definition) is 1. The number of amides is 2. The van der Waals surface area contributed by atoms with Crippen LogP contribution in [0.2, 0.25) is 0 Å². The van der Waals surface area contributed by atoms with E-state index in [2.05, 4.69) is 6.92 Å². The second kappa shape index (κ2) is 5.24. The zero-order chi connectivity index (χ0) is 15.1. The molecule has 1 aromatic carbocycles. The Labute approximate surface area is 124 Å². The van der Waals surface area contributed by atoms with Crippen molar-refractivity contribution < 1.29 is 14.3 Å². The lowest BCUT2D eigenvalue weighted by molar-refractivity contribution is -0.127. The molecule has 1 saturated heterocycles. The van der Waals surface area contributed by atoms with Gasteiger partial charge in [-0.05, 0) is 29.5 Å². The van der Waals surface area contributed by atoms with E-state index in [-0.39, 0.29) is 30.4 Å². The van der Waals surface area contributed by atoms with Crippen molar-refractivity contribution in [2.75, 3.05) is 13.7 Å². The first-order valence-corrected chi connectivity index (χ1v) is 7.30. The molecule has 0 aromatic heterocycles. The van der Waals surface area contributed by atoms with Crippen LogP contribution in [0, 0.1) is 5.92 Å². The third kappa shape index (κ3) is 2.36. The number of rotatable bonds is 2. The fourth-order valence-corrected chi connectivity index (χ4v) is 3.10. The van der Waals surface area contributed by atoms with E-state index in [0.29, 0.717) is 11.5 Å². The number of likely N-dealkylation sites (N-methyl/N-ethyl adjacent to an activating group) is 1. The maximum atomic E-state index is 12.2. The van der Waals surface area contributed by atoms with Gasteiger partial charge in [0.1, 0.15) is 0 Å². The minimum Gasteiger partial charge on any atom is -0.376 e. The summed E-state index contributed by atoms with van der Waals surface area (Å²) in [5, 5.41) is 0. The summed E-state index contributed by atoms with van der Waals surface area (Å²) in [6.07, 6.45) is 1.27. The lowest BCUT2D eigenvalue weighted by atomic mass is 9.89. The average molecular weight is 288 g/mol. The summed E-state index contributed by atoms with van der Waals surface area (Å²) in [5.41, 5.74) is 8.56. The Morgan fingerprint density at radius 3 is 2.81 bits per heavy atom. The maximum Gasteiger partial charge on any atom is 0.260 e. The SMILES string of the molecule is CC1CCOC1C(N)c1ccc2c(c1)C(=O)N(C)C(=O)C2. The number of nitrogens with zero attached hydrogens (tertiary/aromatic N) is 1. The fraction of sp³-hybridized carbons (Fsp3) is 0.500. The Balaban J connectivity index is 1.92. The molecule has 5 heteroatoms. The zero-order valence-corrected chi connectivity index (χ0v) is 12.3. The van der Waals surface area contributed by atoms with Gasteiger partial charge in [-0.2, -0.15) is 0 Å². The molecule has 21 heavy (non-hydrogen) atoms. The van der Waals surface area contributed by atoms with Crippen LogP contribution in [-0.4, -0.2) is 36.5 Å². The highest BCUT2D eigenvalue weighted by Gasteiger charge is 2.33.